The van der Waals surface area contributed by atoms with Gasteiger partial charge in [0.25, 0.3) is 5.91 Å². The van der Waals surface area contributed by atoms with E-state index in [0.717, 1.165) is 55.5 Å². The molecule has 4 aromatic rings. The lowest BCUT2D eigenvalue weighted by Crippen LogP contribution is -2.40. The zero-order valence-corrected chi connectivity index (χ0v) is 29.3. The van der Waals surface area contributed by atoms with E-state index in [2.05, 4.69) is 10.2 Å². The molecule has 276 valence electrons. The molecule has 1 unspecified atom stereocenters. The van der Waals surface area contributed by atoms with Gasteiger partial charge in [-0.05, 0) is 67.8 Å². The maximum atomic E-state index is 13.9. The Bertz CT molecular complexity index is 1720. The summed E-state index contributed by atoms with van der Waals surface area (Å²) in [4.78, 5) is 22.4. The molecule has 0 spiro atoms. The van der Waals surface area contributed by atoms with Crippen LogP contribution < -0.4 is 19.5 Å². The van der Waals surface area contributed by atoms with Crippen LogP contribution in [0, 0.1) is 5.82 Å². The SMILES string of the molecule is COc1cc(C(=O)N(C)CC(CCN2CCC(Nc3nc4ccccc4n3CCOCC(F)(F)F)CC2)c2ccc(F)cc2)cc(OC)c1OC. The number of alkyl halides is 3. The van der Waals surface area contributed by atoms with Crippen molar-refractivity contribution in [3.8, 4) is 17.2 Å². The van der Waals surface area contributed by atoms with Gasteiger partial charge in [-0.25, -0.2) is 9.37 Å². The van der Waals surface area contributed by atoms with Crippen LogP contribution in [0.5, 0.6) is 17.2 Å². The van der Waals surface area contributed by atoms with Gasteiger partial charge in [0.05, 0.1) is 39.0 Å². The predicted octanol–water partition coefficient (Wildman–Crippen LogP) is 6.60. The molecule has 0 radical (unpaired) electrons. The number of carbonyl (C=O) groups is 1. The first-order valence-electron chi connectivity index (χ1n) is 16.9. The van der Waals surface area contributed by atoms with Gasteiger partial charge < -0.3 is 38.6 Å². The number of methoxy groups -OCH3 is 3. The predicted molar refractivity (Wildman–Crippen MR) is 187 cm³/mol. The third-order valence-electron chi connectivity index (χ3n) is 9.19. The van der Waals surface area contributed by atoms with E-state index in [1.807, 2.05) is 28.8 Å². The standard InChI is InChI=1S/C37H45F4N5O5/c1-44(35(47)27-21-32(48-2)34(50-4)33(22-27)49-3)23-26(25-9-11-28(38)12-10-25)13-16-45-17-14-29(15-18-45)42-36-43-30-7-5-6-8-31(30)46(36)19-20-51-24-37(39,40)41/h5-12,21-22,26,29H,13-20,23-24H2,1-4H3,(H,42,43). The summed E-state index contributed by atoms with van der Waals surface area (Å²) in [5, 5.41) is 3.53. The average Bonchev–Trinajstić information content (AvgIpc) is 3.47. The molecule has 2 heterocycles. The molecule has 1 amide bonds. The molecule has 5 rings (SSSR count). The fourth-order valence-electron chi connectivity index (χ4n) is 6.51. The normalized spacial score (nSPS) is 14.7. The molecule has 1 N–H and O–H groups in total. The molecule has 3 aromatic carbocycles. The molecule has 10 nitrogen and oxygen atoms in total. The lowest BCUT2D eigenvalue weighted by atomic mass is 9.94. The van der Waals surface area contributed by atoms with E-state index in [1.165, 1.54) is 33.5 Å². The average molecular weight is 716 g/mol. The Labute approximate surface area is 295 Å². The molecular formula is C37H45F4N5O5. The smallest absolute Gasteiger partial charge is 0.411 e. The number of benzene rings is 3. The number of likely N-dealkylation sites (tertiary alicyclic amines) is 1. The fraction of sp³-hybridized carbons (Fsp3) is 0.459. The van der Waals surface area contributed by atoms with Crippen molar-refractivity contribution < 1.29 is 41.3 Å². The zero-order chi connectivity index (χ0) is 36.5. The molecule has 1 aliphatic heterocycles. The highest BCUT2D eigenvalue weighted by Gasteiger charge is 2.28. The Hall–Kier alpha value is -4.56. The Balaban J connectivity index is 1.20. The summed E-state index contributed by atoms with van der Waals surface area (Å²) in [6.07, 6.45) is -1.95. The maximum Gasteiger partial charge on any atom is 0.411 e. The molecule has 1 aromatic heterocycles. The van der Waals surface area contributed by atoms with Crippen LogP contribution in [-0.4, -0.2) is 105 Å². The monoisotopic (exact) mass is 715 g/mol. The highest BCUT2D eigenvalue weighted by molar-refractivity contribution is 5.95. The van der Waals surface area contributed by atoms with Gasteiger partial charge in [0.15, 0.2) is 11.5 Å². The third-order valence-corrected chi connectivity index (χ3v) is 9.19. The molecule has 1 atom stereocenters. The van der Waals surface area contributed by atoms with Crippen LogP contribution in [0.1, 0.15) is 41.1 Å². The van der Waals surface area contributed by atoms with Gasteiger partial charge in [0.2, 0.25) is 11.7 Å². The Morgan fingerprint density at radius 1 is 0.980 bits per heavy atom. The largest absolute Gasteiger partial charge is 0.493 e. The minimum atomic E-state index is -4.38. The number of piperidine rings is 1. The molecule has 51 heavy (non-hydrogen) atoms. The number of ether oxygens (including phenoxy) is 4. The van der Waals surface area contributed by atoms with Crippen molar-refractivity contribution >= 4 is 22.9 Å². The molecular weight excluding hydrogens is 670 g/mol. The summed E-state index contributed by atoms with van der Waals surface area (Å²) in [6.45, 7) is 1.68. The molecule has 1 fully saturated rings. The molecule has 0 saturated carbocycles. The number of carbonyl (C=O) groups excluding carboxylic acids is 1. The lowest BCUT2D eigenvalue weighted by molar-refractivity contribution is -0.174. The van der Waals surface area contributed by atoms with Crippen LogP contribution in [0.15, 0.2) is 60.7 Å². The van der Waals surface area contributed by atoms with Crippen molar-refractivity contribution in [3.05, 3.63) is 77.6 Å². The summed E-state index contributed by atoms with van der Waals surface area (Å²) in [7, 11) is 6.24. The number of hydrogen-bond acceptors (Lipinski definition) is 8. The highest BCUT2D eigenvalue weighted by atomic mass is 19.4. The Morgan fingerprint density at radius 2 is 1.65 bits per heavy atom. The van der Waals surface area contributed by atoms with Crippen LogP contribution in [0.2, 0.25) is 0 Å². The van der Waals surface area contributed by atoms with Gasteiger partial charge in [-0.1, -0.05) is 24.3 Å². The van der Waals surface area contributed by atoms with Gasteiger partial charge in [0, 0.05) is 50.7 Å². The first-order valence-corrected chi connectivity index (χ1v) is 16.9. The first-order chi connectivity index (χ1) is 24.5. The van der Waals surface area contributed by atoms with E-state index < -0.39 is 12.8 Å². The van der Waals surface area contributed by atoms with Gasteiger partial charge in [0.1, 0.15) is 12.4 Å². The van der Waals surface area contributed by atoms with E-state index in [4.69, 9.17) is 23.9 Å². The number of imidazole rings is 1. The second-order valence-electron chi connectivity index (χ2n) is 12.6. The highest BCUT2D eigenvalue weighted by Crippen LogP contribution is 2.38. The number of likely N-dealkylation sites (N-methyl/N-ethyl adjacent to an activating group) is 1. The van der Waals surface area contributed by atoms with Crippen LogP contribution >= 0.6 is 0 Å². The lowest BCUT2D eigenvalue weighted by Gasteiger charge is -2.34. The number of nitrogens with one attached hydrogen (secondary N) is 1. The van der Waals surface area contributed by atoms with Crippen molar-refractivity contribution in [2.75, 3.05) is 73.1 Å². The van der Waals surface area contributed by atoms with Crippen molar-refractivity contribution in [3.63, 3.8) is 0 Å². The fourth-order valence-corrected chi connectivity index (χ4v) is 6.51. The number of anilines is 1. The number of rotatable bonds is 16. The Morgan fingerprint density at radius 3 is 2.27 bits per heavy atom. The number of para-hydroxylation sites is 2. The quantitative estimate of drug-likeness (QED) is 0.103. The summed E-state index contributed by atoms with van der Waals surface area (Å²) in [6, 6.07) is 17.3. The van der Waals surface area contributed by atoms with Crippen LogP contribution in [0.25, 0.3) is 11.0 Å². The van der Waals surface area contributed by atoms with E-state index in [0.29, 0.717) is 35.3 Å². The van der Waals surface area contributed by atoms with E-state index in [-0.39, 0.29) is 36.8 Å². The molecule has 0 bridgehead atoms. The summed E-state index contributed by atoms with van der Waals surface area (Å²) in [5.74, 6) is 1.18. The molecule has 14 heteroatoms. The second-order valence-corrected chi connectivity index (χ2v) is 12.6. The summed E-state index contributed by atoms with van der Waals surface area (Å²) >= 11 is 0. The summed E-state index contributed by atoms with van der Waals surface area (Å²) < 4.78 is 74.8. The number of aromatic nitrogens is 2. The van der Waals surface area contributed by atoms with Gasteiger partial charge in [-0.3, -0.25) is 4.79 Å². The van der Waals surface area contributed by atoms with Crippen molar-refractivity contribution in [2.24, 2.45) is 0 Å². The van der Waals surface area contributed by atoms with E-state index in [9.17, 15) is 22.4 Å². The van der Waals surface area contributed by atoms with Crippen molar-refractivity contribution in [2.45, 2.75) is 43.9 Å². The number of hydrogen-bond donors (Lipinski definition) is 1. The van der Waals surface area contributed by atoms with Crippen LogP contribution in [0.3, 0.4) is 0 Å². The molecule has 1 aliphatic rings. The minimum Gasteiger partial charge on any atom is -0.493 e. The minimum absolute atomic E-state index is 0.0584. The van der Waals surface area contributed by atoms with Crippen LogP contribution in [0.4, 0.5) is 23.5 Å². The van der Waals surface area contributed by atoms with E-state index in [1.54, 1.807) is 36.2 Å². The molecule has 1 saturated heterocycles. The number of nitrogens with zero attached hydrogens (tertiary/aromatic N) is 4. The van der Waals surface area contributed by atoms with Gasteiger partial charge in [-0.2, -0.15) is 13.2 Å². The Kier molecular flexibility index (Phi) is 12.6. The van der Waals surface area contributed by atoms with Crippen LogP contribution in [-0.2, 0) is 11.3 Å². The van der Waals surface area contributed by atoms with Gasteiger partial charge >= 0.3 is 6.18 Å². The molecule has 0 aliphatic carbocycles. The topological polar surface area (TPSA) is 90.3 Å². The second kappa shape index (κ2) is 17.1. The first kappa shape index (κ1) is 37.7. The van der Waals surface area contributed by atoms with Crippen molar-refractivity contribution in [1.29, 1.82) is 0 Å². The third kappa shape index (κ3) is 9.82. The number of amides is 1. The van der Waals surface area contributed by atoms with Crippen molar-refractivity contribution in [1.82, 2.24) is 19.4 Å². The number of fused-ring (bicyclic) bond motifs is 1. The zero-order valence-electron chi connectivity index (χ0n) is 29.3. The summed E-state index contributed by atoms with van der Waals surface area (Å²) in [5.41, 5.74) is 2.92. The maximum absolute atomic E-state index is 13.9. The van der Waals surface area contributed by atoms with E-state index >= 15 is 0 Å². The van der Waals surface area contributed by atoms with Gasteiger partial charge in [-0.15, -0.1) is 0 Å². The number of halogens is 4.